The fourth-order valence-electron chi connectivity index (χ4n) is 2.39. The van der Waals surface area contributed by atoms with E-state index in [1.807, 2.05) is 24.3 Å². The van der Waals surface area contributed by atoms with E-state index in [1.165, 1.54) is 4.90 Å². The fourth-order valence-corrected chi connectivity index (χ4v) is 2.39. The van der Waals surface area contributed by atoms with E-state index in [-0.39, 0.29) is 6.04 Å². The second-order valence-electron chi connectivity index (χ2n) is 5.51. The van der Waals surface area contributed by atoms with Crippen molar-refractivity contribution in [3.8, 4) is 11.5 Å². The van der Waals surface area contributed by atoms with Gasteiger partial charge in [-0.05, 0) is 36.8 Å². The van der Waals surface area contributed by atoms with Gasteiger partial charge in [-0.3, -0.25) is 9.59 Å². The number of likely N-dealkylation sites (N-methyl/N-ethyl adjacent to an activating group) is 1. The van der Waals surface area contributed by atoms with Crippen molar-refractivity contribution in [1.82, 2.24) is 5.32 Å². The number of nitrogens with zero attached hydrogens (tertiary/aromatic N) is 1. The van der Waals surface area contributed by atoms with Crippen LogP contribution in [0.15, 0.2) is 48.5 Å². The number of amides is 2. The Kier molecular flexibility index (Phi) is 6.00. The number of hydrogen-bond donors (Lipinski definition) is 1. The number of hydrogen-bond acceptors (Lipinski definition) is 4. The van der Waals surface area contributed by atoms with E-state index >= 15 is 0 Å². The molecule has 6 nitrogen and oxygen atoms in total. The van der Waals surface area contributed by atoms with E-state index in [2.05, 4.69) is 5.32 Å². The Balaban J connectivity index is 2.08. The molecule has 0 aromatic heterocycles. The highest BCUT2D eigenvalue weighted by molar-refractivity contribution is 6.40. The minimum absolute atomic E-state index is 0.361. The van der Waals surface area contributed by atoms with Gasteiger partial charge < -0.3 is 19.7 Å². The minimum Gasteiger partial charge on any atom is -0.493 e. The Bertz CT molecular complexity index is 746. The highest BCUT2D eigenvalue weighted by Gasteiger charge is 2.22. The van der Waals surface area contributed by atoms with Crippen LogP contribution in [-0.2, 0) is 9.59 Å². The molecule has 0 aliphatic heterocycles. The maximum Gasteiger partial charge on any atom is 0.316 e. The summed E-state index contributed by atoms with van der Waals surface area (Å²) in [7, 11) is 4.67. The van der Waals surface area contributed by atoms with Crippen molar-refractivity contribution < 1.29 is 19.1 Å². The first-order valence-corrected chi connectivity index (χ1v) is 7.83. The molecule has 0 heterocycles. The Labute approximate surface area is 147 Å². The van der Waals surface area contributed by atoms with E-state index in [1.54, 1.807) is 52.5 Å². The monoisotopic (exact) mass is 342 g/mol. The lowest BCUT2D eigenvalue weighted by Gasteiger charge is -2.20. The topological polar surface area (TPSA) is 67.9 Å². The molecule has 6 heteroatoms. The van der Waals surface area contributed by atoms with Gasteiger partial charge in [0.05, 0.1) is 20.3 Å². The van der Waals surface area contributed by atoms with Crippen LogP contribution in [0.4, 0.5) is 5.69 Å². The lowest BCUT2D eigenvalue weighted by molar-refractivity contribution is -0.137. The standard InChI is InChI=1S/C19H22N2O4/c1-13(14-10-11-16(24-3)17(12-14)25-4)20-18(22)19(23)21(2)15-8-6-5-7-9-15/h5-13H,1-4H3,(H,20,22). The molecule has 1 unspecified atom stereocenters. The molecule has 0 aliphatic carbocycles. The van der Waals surface area contributed by atoms with Crippen molar-refractivity contribution >= 4 is 17.5 Å². The van der Waals surface area contributed by atoms with Gasteiger partial charge >= 0.3 is 11.8 Å². The van der Waals surface area contributed by atoms with Crippen LogP contribution in [-0.4, -0.2) is 33.1 Å². The number of anilines is 1. The van der Waals surface area contributed by atoms with Crippen LogP contribution in [0.3, 0.4) is 0 Å². The first kappa shape index (κ1) is 18.3. The fraction of sp³-hybridized carbons (Fsp3) is 0.263. The zero-order chi connectivity index (χ0) is 18.4. The molecule has 0 bridgehead atoms. The summed E-state index contributed by atoms with van der Waals surface area (Å²) in [6, 6.07) is 14.0. The van der Waals surface area contributed by atoms with Gasteiger partial charge in [-0.2, -0.15) is 0 Å². The SMILES string of the molecule is COc1ccc(C(C)NC(=O)C(=O)N(C)c2ccccc2)cc1OC. The largest absolute Gasteiger partial charge is 0.493 e. The summed E-state index contributed by atoms with van der Waals surface area (Å²) in [5.74, 6) is -0.134. The quantitative estimate of drug-likeness (QED) is 0.848. The van der Waals surface area contributed by atoms with Crippen LogP contribution in [0, 0.1) is 0 Å². The van der Waals surface area contributed by atoms with Gasteiger partial charge in [0, 0.05) is 12.7 Å². The molecule has 0 saturated carbocycles. The van der Waals surface area contributed by atoms with Crippen LogP contribution >= 0.6 is 0 Å². The third-order valence-corrected chi connectivity index (χ3v) is 3.90. The van der Waals surface area contributed by atoms with Crippen LogP contribution in [0.1, 0.15) is 18.5 Å². The molecular weight excluding hydrogens is 320 g/mol. The summed E-state index contributed by atoms with van der Waals surface area (Å²) in [5.41, 5.74) is 1.46. The average Bonchev–Trinajstić information content (AvgIpc) is 2.66. The molecule has 2 amide bonds. The number of methoxy groups -OCH3 is 2. The molecule has 132 valence electrons. The van der Waals surface area contributed by atoms with Crippen LogP contribution < -0.4 is 19.7 Å². The highest BCUT2D eigenvalue weighted by atomic mass is 16.5. The molecule has 1 N–H and O–H groups in total. The molecule has 2 aromatic rings. The van der Waals surface area contributed by atoms with Gasteiger partial charge in [-0.25, -0.2) is 0 Å². The van der Waals surface area contributed by atoms with Gasteiger partial charge in [0.15, 0.2) is 11.5 Å². The second-order valence-corrected chi connectivity index (χ2v) is 5.51. The third kappa shape index (κ3) is 4.29. The molecule has 25 heavy (non-hydrogen) atoms. The van der Waals surface area contributed by atoms with Gasteiger partial charge in [-0.15, -0.1) is 0 Å². The number of para-hydroxylation sites is 1. The Morgan fingerprint density at radius 1 is 1.00 bits per heavy atom. The molecular formula is C19H22N2O4. The summed E-state index contributed by atoms with van der Waals surface area (Å²) in [4.78, 5) is 25.9. The molecule has 1 atom stereocenters. The van der Waals surface area contributed by atoms with E-state index in [9.17, 15) is 9.59 Å². The van der Waals surface area contributed by atoms with Gasteiger partial charge in [-0.1, -0.05) is 24.3 Å². The highest BCUT2D eigenvalue weighted by Crippen LogP contribution is 2.29. The van der Waals surface area contributed by atoms with E-state index in [0.29, 0.717) is 17.2 Å². The number of rotatable bonds is 5. The molecule has 0 spiro atoms. The zero-order valence-corrected chi connectivity index (χ0v) is 14.8. The smallest absolute Gasteiger partial charge is 0.316 e. The molecule has 2 aromatic carbocycles. The van der Waals surface area contributed by atoms with Gasteiger partial charge in [0.25, 0.3) is 0 Å². The number of carbonyl (C=O) groups is 2. The predicted octanol–water partition coefficient (Wildman–Crippen LogP) is 2.54. The lowest BCUT2D eigenvalue weighted by Crippen LogP contribution is -2.42. The Morgan fingerprint density at radius 3 is 2.24 bits per heavy atom. The maximum atomic E-state index is 12.3. The van der Waals surface area contributed by atoms with E-state index < -0.39 is 11.8 Å². The first-order chi connectivity index (χ1) is 12.0. The second kappa shape index (κ2) is 8.19. The van der Waals surface area contributed by atoms with Crippen molar-refractivity contribution in [1.29, 1.82) is 0 Å². The number of carbonyl (C=O) groups excluding carboxylic acids is 2. The Hall–Kier alpha value is -3.02. The van der Waals surface area contributed by atoms with Crippen molar-refractivity contribution in [3.63, 3.8) is 0 Å². The van der Waals surface area contributed by atoms with Crippen molar-refractivity contribution in [2.75, 3.05) is 26.2 Å². The molecule has 0 aliphatic rings. The normalized spacial score (nSPS) is 11.4. The first-order valence-electron chi connectivity index (χ1n) is 7.83. The van der Waals surface area contributed by atoms with Gasteiger partial charge in [0.1, 0.15) is 0 Å². The predicted molar refractivity (Wildman–Crippen MR) is 96.0 cm³/mol. The van der Waals surface area contributed by atoms with Crippen molar-refractivity contribution in [3.05, 3.63) is 54.1 Å². The number of nitrogens with one attached hydrogen (secondary N) is 1. The summed E-state index contributed by atoms with van der Waals surface area (Å²) < 4.78 is 10.5. The van der Waals surface area contributed by atoms with Gasteiger partial charge in [0.2, 0.25) is 0 Å². The van der Waals surface area contributed by atoms with Crippen LogP contribution in [0.2, 0.25) is 0 Å². The van der Waals surface area contributed by atoms with E-state index in [4.69, 9.17) is 9.47 Å². The van der Waals surface area contributed by atoms with Crippen LogP contribution in [0.25, 0.3) is 0 Å². The maximum absolute atomic E-state index is 12.3. The number of benzene rings is 2. The van der Waals surface area contributed by atoms with Crippen molar-refractivity contribution in [2.45, 2.75) is 13.0 Å². The zero-order valence-electron chi connectivity index (χ0n) is 14.8. The Morgan fingerprint density at radius 2 is 1.64 bits per heavy atom. The minimum atomic E-state index is -0.673. The summed E-state index contributed by atoms with van der Waals surface area (Å²) in [5, 5.41) is 2.71. The molecule has 0 saturated heterocycles. The summed E-state index contributed by atoms with van der Waals surface area (Å²) >= 11 is 0. The summed E-state index contributed by atoms with van der Waals surface area (Å²) in [6.45, 7) is 1.80. The average molecular weight is 342 g/mol. The van der Waals surface area contributed by atoms with Crippen LogP contribution in [0.5, 0.6) is 11.5 Å². The molecule has 0 fully saturated rings. The third-order valence-electron chi connectivity index (χ3n) is 3.90. The van der Waals surface area contributed by atoms with E-state index in [0.717, 1.165) is 5.56 Å². The number of ether oxygens (including phenoxy) is 2. The lowest BCUT2D eigenvalue weighted by atomic mass is 10.1. The van der Waals surface area contributed by atoms with Crippen molar-refractivity contribution in [2.24, 2.45) is 0 Å². The summed E-state index contributed by atoms with van der Waals surface area (Å²) in [6.07, 6.45) is 0. The molecule has 0 radical (unpaired) electrons. The molecule has 2 rings (SSSR count).